The second kappa shape index (κ2) is 8.06. The molecule has 0 radical (unpaired) electrons. The maximum Gasteiger partial charge on any atom is 0.333 e. The van der Waals surface area contributed by atoms with Gasteiger partial charge in [0.05, 0.1) is 25.4 Å². The summed E-state index contributed by atoms with van der Waals surface area (Å²) in [4.78, 5) is 11.9. The van der Waals surface area contributed by atoms with Crippen molar-refractivity contribution < 1.29 is 19.4 Å². The molecule has 5 aliphatic rings. The lowest BCUT2D eigenvalue weighted by molar-refractivity contribution is -0.136. The quantitative estimate of drug-likeness (QED) is 0.390. The monoisotopic (exact) mass is 468 g/mol. The first-order valence-electron chi connectivity index (χ1n) is 13.5. The van der Waals surface area contributed by atoms with E-state index in [9.17, 15) is 9.90 Å². The van der Waals surface area contributed by atoms with E-state index in [0.29, 0.717) is 23.3 Å². The Balaban J connectivity index is 1.49. The Labute approximate surface area is 205 Å². The van der Waals surface area contributed by atoms with E-state index < -0.39 is 0 Å². The smallest absolute Gasteiger partial charge is 0.333 e. The summed E-state index contributed by atoms with van der Waals surface area (Å²) in [5.41, 5.74) is 5.85. The van der Waals surface area contributed by atoms with Crippen LogP contribution in [0, 0.1) is 34.0 Å². The Hall–Kier alpha value is -1.39. The van der Waals surface area contributed by atoms with Gasteiger partial charge >= 0.3 is 5.97 Å². The summed E-state index contributed by atoms with van der Waals surface area (Å²) in [6.07, 6.45) is 11.9. The molecule has 0 spiro atoms. The molecule has 8 atom stereocenters. The van der Waals surface area contributed by atoms with Crippen LogP contribution in [0.3, 0.4) is 0 Å². The van der Waals surface area contributed by atoms with Crippen LogP contribution in [0.2, 0.25) is 0 Å². The summed E-state index contributed by atoms with van der Waals surface area (Å²) in [7, 11) is 1.43. The zero-order valence-corrected chi connectivity index (χ0v) is 22.2. The summed E-state index contributed by atoms with van der Waals surface area (Å²) in [5, 5.41) is 10.8. The highest BCUT2D eigenvalue weighted by molar-refractivity contribution is 5.87. The Morgan fingerprint density at radius 3 is 2.59 bits per heavy atom. The third-order valence-electron chi connectivity index (χ3n) is 10.9. The fraction of sp³-hybridized carbons (Fsp3) is 0.767. The number of aliphatic hydroxyl groups is 1. The number of esters is 1. The van der Waals surface area contributed by atoms with E-state index in [2.05, 4.69) is 40.7 Å². The molecule has 1 N–H and O–H groups in total. The van der Waals surface area contributed by atoms with Crippen LogP contribution in [0.4, 0.5) is 0 Å². The van der Waals surface area contributed by atoms with E-state index in [1.807, 2.05) is 13.0 Å². The topological polar surface area (TPSA) is 55.8 Å². The molecule has 34 heavy (non-hydrogen) atoms. The van der Waals surface area contributed by atoms with Crippen LogP contribution in [-0.2, 0) is 14.3 Å². The van der Waals surface area contributed by atoms with Gasteiger partial charge < -0.3 is 14.6 Å². The van der Waals surface area contributed by atoms with E-state index >= 15 is 0 Å². The molecule has 4 nitrogen and oxygen atoms in total. The molecule has 188 valence electrons. The molecular weight excluding hydrogens is 424 g/mol. The van der Waals surface area contributed by atoms with Crippen molar-refractivity contribution in [3.63, 3.8) is 0 Å². The molecule has 5 rings (SSSR count). The van der Waals surface area contributed by atoms with Crippen molar-refractivity contribution in [2.75, 3.05) is 7.11 Å². The number of rotatable bonds is 2. The van der Waals surface area contributed by atoms with Crippen molar-refractivity contribution in [1.82, 2.24) is 0 Å². The number of allylic oxidation sites excluding steroid dienone is 3. The molecule has 1 aliphatic heterocycles. The summed E-state index contributed by atoms with van der Waals surface area (Å²) < 4.78 is 11.5. The minimum atomic E-state index is -0.274. The van der Waals surface area contributed by atoms with Gasteiger partial charge in [-0.3, -0.25) is 0 Å². The van der Waals surface area contributed by atoms with Gasteiger partial charge in [0.15, 0.2) is 0 Å². The highest BCUT2D eigenvalue weighted by atomic mass is 16.5. The van der Waals surface area contributed by atoms with Crippen molar-refractivity contribution in [3.8, 4) is 0 Å². The highest BCUT2D eigenvalue weighted by Gasteiger charge is 2.59. The summed E-state index contributed by atoms with van der Waals surface area (Å²) in [5.74, 6) is 1.29. The predicted molar refractivity (Wildman–Crippen MR) is 134 cm³/mol. The maximum atomic E-state index is 11.9. The van der Waals surface area contributed by atoms with Crippen LogP contribution in [-0.4, -0.2) is 36.5 Å². The van der Waals surface area contributed by atoms with E-state index in [0.717, 1.165) is 25.7 Å². The molecule has 4 aliphatic carbocycles. The van der Waals surface area contributed by atoms with E-state index in [-0.39, 0.29) is 40.5 Å². The molecule has 0 aromatic rings. The first kappa shape index (κ1) is 24.3. The lowest BCUT2D eigenvalue weighted by Gasteiger charge is -2.59. The van der Waals surface area contributed by atoms with Gasteiger partial charge in [0.2, 0.25) is 0 Å². The lowest BCUT2D eigenvalue weighted by Crippen LogP contribution is -2.53. The van der Waals surface area contributed by atoms with Gasteiger partial charge in [-0.1, -0.05) is 46.3 Å². The minimum absolute atomic E-state index is 0.0288. The van der Waals surface area contributed by atoms with E-state index in [1.54, 1.807) is 16.7 Å². The average Bonchev–Trinajstić information content (AvgIpc) is 3.08. The van der Waals surface area contributed by atoms with Crippen molar-refractivity contribution in [3.05, 3.63) is 34.4 Å². The zero-order valence-electron chi connectivity index (χ0n) is 22.2. The third-order valence-corrected chi connectivity index (χ3v) is 10.9. The first-order chi connectivity index (χ1) is 15.9. The number of methoxy groups -OCH3 is 1. The van der Waals surface area contributed by atoms with Crippen molar-refractivity contribution in [1.29, 1.82) is 0 Å². The molecule has 0 unspecified atom stereocenters. The molecule has 1 saturated carbocycles. The Morgan fingerprint density at radius 1 is 1.15 bits per heavy atom. The molecule has 0 aromatic carbocycles. The SMILES string of the molecule is COC(=O)/C(C)=C/[C@H]1C[C@@H](C)[C@@H]2[C@@H](C=C3C4=C(CC[C@]32C)[C@@]2(C)CC[C@@H](O)C(C)(C)[C@@H]2CC4)O1. The first-order valence-corrected chi connectivity index (χ1v) is 13.5. The molecule has 1 saturated heterocycles. The molecule has 0 bridgehead atoms. The van der Waals surface area contributed by atoms with Crippen molar-refractivity contribution in [2.24, 2.45) is 34.0 Å². The van der Waals surface area contributed by atoms with Gasteiger partial charge in [-0.15, -0.1) is 0 Å². The summed E-state index contributed by atoms with van der Waals surface area (Å²) >= 11 is 0. The van der Waals surface area contributed by atoms with Crippen LogP contribution in [0.25, 0.3) is 0 Å². The number of carbonyl (C=O) groups excluding carboxylic acids is 1. The normalized spacial score (nSPS) is 45.5. The number of ether oxygens (including phenoxy) is 2. The van der Waals surface area contributed by atoms with Gasteiger partial charge in [-0.2, -0.15) is 0 Å². The van der Waals surface area contributed by atoms with E-state index in [1.165, 1.54) is 26.4 Å². The van der Waals surface area contributed by atoms with Gasteiger partial charge in [0.25, 0.3) is 0 Å². The summed E-state index contributed by atoms with van der Waals surface area (Å²) in [6, 6.07) is 0. The van der Waals surface area contributed by atoms with Gasteiger partial charge in [0, 0.05) is 11.5 Å². The number of fused-ring (bicyclic) bond motifs is 6. The Morgan fingerprint density at radius 2 is 1.88 bits per heavy atom. The lowest BCUT2D eigenvalue weighted by atomic mass is 9.46. The second-order valence-electron chi connectivity index (χ2n) is 13.1. The number of aliphatic hydroxyl groups excluding tert-OH is 1. The number of hydrogen-bond donors (Lipinski definition) is 1. The molecule has 0 aromatic heterocycles. The number of hydrogen-bond acceptors (Lipinski definition) is 4. The minimum Gasteiger partial charge on any atom is -0.466 e. The number of carbonyl (C=O) groups is 1. The van der Waals surface area contributed by atoms with Crippen LogP contribution in [0.1, 0.15) is 86.5 Å². The fourth-order valence-corrected chi connectivity index (χ4v) is 9.20. The molecular formula is C30H44O4. The van der Waals surface area contributed by atoms with Crippen LogP contribution >= 0.6 is 0 Å². The van der Waals surface area contributed by atoms with Crippen LogP contribution in [0.15, 0.2) is 34.4 Å². The zero-order chi connectivity index (χ0) is 24.6. The van der Waals surface area contributed by atoms with E-state index in [4.69, 9.17) is 9.47 Å². The van der Waals surface area contributed by atoms with Gasteiger partial charge in [-0.05, 0) is 97.2 Å². The second-order valence-corrected chi connectivity index (χ2v) is 13.1. The average molecular weight is 469 g/mol. The Bertz CT molecular complexity index is 970. The molecule has 1 heterocycles. The predicted octanol–water partition coefficient (Wildman–Crippen LogP) is 6.15. The van der Waals surface area contributed by atoms with Crippen LogP contribution in [0.5, 0.6) is 0 Å². The largest absolute Gasteiger partial charge is 0.466 e. The highest BCUT2D eigenvalue weighted by Crippen LogP contribution is 2.67. The van der Waals surface area contributed by atoms with Gasteiger partial charge in [-0.25, -0.2) is 4.79 Å². The summed E-state index contributed by atoms with van der Waals surface area (Å²) in [6.45, 7) is 13.8. The molecule has 4 heteroatoms. The fourth-order valence-electron chi connectivity index (χ4n) is 9.20. The molecule has 0 amide bonds. The Kier molecular flexibility index (Phi) is 5.76. The maximum absolute atomic E-state index is 11.9. The molecule has 2 fully saturated rings. The standard InChI is InChI=1S/C30H44O4/c1-17-14-19(15-18(2)27(32)33-7)34-23-16-22-20-8-9-24-28(3,4)25(31)11-13-29(24,5)21(20)10-12-30(22,6)26(17)23/h15-17,19,23-26,31H,8-14H2,1-7H3/b18-15+/t17-,19-,23-,24+,25-,26-,29-,30-/m1/s1. The third kappa shape index (κ3) is 3.34. The van der Waals surface area contributed by atoms with Crippen molar-refractivity contribution in [2.45, 2.75) is 105 Å². The van der Waals surface area contributed by atoms with Gasteiger partial charge in [0.1, 0.15) is 0 Å². The van der Waals surface area contributed by atoms with Crippen LogP contribution < -0.4 is 0 Å². The van der Waals surface area contributed by atoms with Crippen molar-refractivity contribution >= 4 is 5.97 Å².